The lowest BCUT2D eigenvalue weighted by Gasteiger charge is -2.30. The summed E-state index contributed by atoms with van der Waals surface area (Å²) >= 11 is 5.86. The van der Waals surface area contributed by atoms with Gasteiger partial charge in [0, 0.05) is 62.1 Å². The van der Waals surface area contributed by atoms with E-state index in [1.165, 1.54) is 38.8 Å². The SMILES string of the molecule is CC(N)=O.CC(N)=O.Cl.N.N.O=C(Nc1ccc(Nc2nc(N3CCCCC3)nc(N3CCCCC3)n2)cc1)c1ccc(Cl)cc1O.[HH].[HH].[HH].[HH]. The zero-order chi connectivity index (χ0) is 32.1. The van der Waals surface area contributed by atoms with Gasteiger partial charge in [-0.15, -0.1) is 12.4 Å². The topological polar surface area (TPSA) is 263 Å². The molecular weight excluding hydrogens is 649 g/mol. The van der Waals surface area contributed by atoms with Crippen LogP contribution in [-0.4, -0.2) is 64.0 Å². The molecule has 0 aliphatic carbocycles. The number of aromatic nitrogens is 3. The molecule has 17 heteroatoms. The number of halogens is 2. The number of anilines is 5. The van der Waals surface area contributed by atoms with Crippen LogP contribution in [0, 0.1) is 0 Å². The number of nitrogens with one attached hydrogen (secondary N) is 2. The lowest BCUT2D eigenvalue weighted by Crippen LogP contribution is -2.34. The summed E-state index contributed by atoms with van der Waals surface area (Å²) in [7, 11) is 0. The molecule has 47 heavy (non-hydrogen) atoms. The van der Waals surface area contributed by atoms with Gasteiger partial charge in [0.05, 0.1) is 5.56 Å². The van der Waals surface area contributed by atoms with Crippen molar-refractivity contribution in [1.82, 2.24) is 27.3 Å². The molecule has 3 aromatic rings. The van der Waals surface area contributed by atoms with Gasteiger partial charge in [-0.25, -0.2) is 0 Å². The molecule has 5 rings (SSSR count). The highest BCUT2D eigenvalue weighted by Gasteiger charge is 2.20. The van der Waals surface area contributed by atoms with Gasteiger partial charge < -0.3 is 49.3 Å². The molecule has 2 aliphatic rings. The molecule has 0 radical (unpaired) electrons. The van der Waals surface area contributed by atoms with Crippen molar-refractivity contribution in [3.63, 3.8) is 0 Å². The van der Waals surface area contributed by atoms with E-state index in [1.54, 1.807) is 18.2 Å². The number of carbonyl (C=O) groups excluding carboxylic acids is 3. The van der Waals surface area contributed by atoms with Crippen molar-refractivity contribution >= 4 is 70.9 Å². The van der Waals surface area contributed by atoms with Gasteiger partial charge in [-0.2, -0.15) is 15.0 Å². The summed E-state index contributed by atoms with van der Waals surface area (Å²) in [5.74, 6) is 0.703. The van der Waals surface area contributed by atoms with E-state index in [0.29, 0.717) is 16.7 Å². The second kappa shape index (κ2) is 21.4. The molecule has 268 valence electrons. The second-order valence-corrected chi connectivity index (χ2v) is 10.8. The van der Waals surface area contributed by atoms with Gasteiger partial charge in [-0.1, -0.05) is 11.6 Å². The van der Waals surface area contributed by atoms with E-state index < -0.39 is 5.91 Å². The third-order valence-corrected chi connectivity index (χ3v) is 6.73. The number of phenols is 1. The standard InChI is InChI=1S/C26H30ClN7O2.2C2H5NO.ClH.2H3N.4H2/c27-18-7-12-21(22(35)17-18)23(36)28-19-8-10-20(11-9-19)29-24-30-25(33-13-3-1-4-14-33)32-26(31-24)34-15-5-2-6-16-34;2*1-2(3)4;;;;;;;/h7-12,17,35H,1-6,13-16H2,(H,28,36)(H,29,30,31,32);2*1H3,(H2,3,4);1H;2*1H3;4*1H. The summed E-state index contributed by atoms with van der Waals surface area (Å²) < 4.78 is 0. The highest BCUT2D eigenvalue weighted by molar-refractivity contribution is 6.31. The monoisotopic (exact) mass is 703 g/mol. The minimum atomic E-state index is -0.417. The average Bonchev–Trinajstić information content (AvgIpc) is 2.98. The number of carbonyl (C=O) groups is 3. The van der Waals surface area contributed by atoms with E-state index in [4.69, 9.17) is 26.6 Å². The third-order valence-electron chi connectivity index (χ3n) is 6.49. The summed E-state index contributed by atoms with van der Waals surface area (Å²) in [5, 5.41) is 16.5. The predicted octanol–water partition coefficient (Wildman–Crippen LogP) is 5.92. The summed E-state index contributed by atoms with van der Waals surface area (Å²) in [4.78, 5) is 49.8. The Bertz CT molecular complexity index is 1380. The van der Waals surface area contributed by atoms with Crippen LogP contribution >= 0.6 is 24.0 Å². The Morgan fingerprint density at radius 2 is 1.19 bits per heavy atom. The maximum atomic E-state index is 12.5. The Labute approximate surface area is 292 Å². The summed E-state index contributed by atoms with van der Waals surface area (Å²) in [6.45, 7) is 6.45. The van der Waals surface area contributed by atoms with Crippen molar-refractivity contribution in [2.24, 2.45) is 11.5 Å². The van der Waals surface area contributed by atoms with Gasteiger partial charge in [0.25, 0.3) is 5.91 Å². The molecule has 2 saturated heterocycles. The van der Waals surface area contributed by atoms with Gasteiger partial charge in [-0.3, -0.25) is 14.4 Å². The van der Waals surface area contributed by atoms with E-state index >= 15 is 0 Å². The van der Waals surface area contributed by atoms with Crippen LogP contribution in [0.4, 0.5) is 29.2 Å². The fraction of sp³-hybridized carbons (Fsp3) is 0.400. The number of aromatic hydroxyl groups is 1. The van der Waals surface area contributed by atoms with Crippen molar-refractivity contribution in [3.8, 4) is 5.75 Å². The van der Waals surface area contributed by atoms with E-state index in [2.05, 4.69) is 31.9 Å². The number of rotatable bonds is 6. The van der Waals surface area contributed by atoms with Gasteiger partial charge in [0.15, 0.2) is 0 Å². The first-order chi connectivity index (χ1) is 21.0. The van der Waals surface area contributed by atoms with Crippen molar-refractivity contribution < 1.29 is 25.2 Å². The molecule has 3 heterocycles. The largest absolute Gasteiger partial charge is 0.507 e. The molecule has 1 aromatic heterocycles. The number of hydrogen-bond acceptors (Lipinski definition) is 12. The van der Waals surface area contributed by atoms with Gasteiger partial charge in [0.1, 0.15) is 5.75 Å². The molecule has 3 amide bonds. The van der Waals surface area contributed by atoms with Crippen molar-refractivity contribution in [3.05, 3.63) is 53.1 Å². The molecule has 0 unspecified atom stereocenters. The molecule has 0 bridgehead atoms. The molecule has 2 fully saturated rings. The molecule has 0 saturated carbocycles. The van der Waals surface area contributed by atoms with Crippen LogP contribution < -0.4 is 44.2 Å². The first kappa shape index (κ1) is 42.6. The number of nitrogens with two attached hydrogens (primary N) is 2. The maximum Gasteiger partial charge on any atom is 0.259 e. The minimum Gasteiger partial charge on any atom is -0.507 e. The molecule has 2 aliphatic heterocycles. The zero-order valence-electron chi connectivity index (χ0n) is 26.9. The van der Waals surface area contributed by atoms with Crippen molar-refractivity contribution in [1.29, 1.82) is 0 Å². The van der Waals surface area contributed by atoms with Gasteiger partial charge in [0.2, 0.25) is 29.7 Å². The average molecular weight is 705 g/mol. The Morgan fingerprint density at radius 3 is 1.62 bits per heavy atom. The number of primary amides is 2. The van der Waals surface area contributed by atoms with Crippen LogP contribution in [0.3, 0.4) is 0 Å². The first-order valence-corrected chi connectivity index (χ1v) is 14.8. The number of amides is 3. The van der Waals surface area contributed by atoms with Crippen molar-refractivity contribution in [2.75, 3.05) is 46.6 Å². The Kier molecular flexibility index (Phi) is 19.4. The summed E-state index contributed by atoms with van der Waals surface area (Å²) in [6, 6.07) is 11.7. The van der Waals surface area contributed by atoms with Crippen LogP contribution in [0.25, 0.3) is 0 Å². The molecule has 0 spiro atoms. The smallest absolute Gasteiger partial charge is 0.259 e. The predicted molar refractivity (Wildman–Crippen MR) is 198 cm³/mol. The van der Waals surface area contributed by atoms with E-state index in [0.717, 1.165) is 69.4 Å². The van der Waals surface area contributed by atoms with E-state index in [9.17, 15) is 19.5 Å². The van der Waals surface area contributed by atoms with Crippen molar-refractivity contribution in [2.45, 2.75) is 52.4 Å². The Balaban J connectivity index is -0.000000428. The number of nitrogens with zero attached hydrogens (tertiary/aromatic N) is 5. The minimum absolute atomic E-state index is 0. The normalized spacial score (nSPS) is 13.3. The van der Waals surface area contributed by atoms with Crippen LogP contribution in [-0.2, 0) is 9.59 Å². The zero-order valence-corrected chi connectivity index (χ0v) is 28.4. The summed E-state index contributed by atoms with van der Waals surface area (Å²) in [5.41, 5.74) is 10.5. The van der Waals surface area contributed by atoms with Gasteiger partial charge >= 0.3 is 0 Å². The number of piperidine rings is 2. The molecule has 0 atom stereocenters. The number of benzene rings is 2. The lowest BCUT2D eigenvalue weighted by molar-refractivity contribution is -0.116. The second-order valence-electron chi connectivity index (χ2n) is 10.4. The molecule has 2 aromatic carbocycles. The quantitative estimate of drug-likeness (QED) is 0.158. The van der Waals surface area contributed by atoms with E-state index in [1.807, 2.05) is 12.1 Å². The third kappa shape index (κ3) is 14.7. The molecular formula is C30H55Cl2N11O4. The Hall–Kier alpha value is -4.44. The highest BCUT2D eigenvalue weighted by Crippen LogP contribution is 2.26. The van der Waals surface area contributed by atoms with Crippen LogP contribution in [0.2, 0.25) is 5.02 Å². The van der Waals surface area contributed by atoms with Gasteiger partial charge in [-0.05, 0) is 81.0 Å². The molecule has 15 nitrogen and oxygen atoms in total. The lowest BCUT2D eigenvalue weighted by atomic mass is 10.1. The number of hydrogen-bond donors (Lipinski definition) is 7. The van der Waals surface area contributed by atoms with Crippen LogP contribution in [0.1, 0.15) is 68.4 Å². The highest BCUT2D eigenvalue weighted by atomic mass is 35.5. The summed E-state index contributed by atoms with van der Waals surface area (Å²) in [6.07, 6.45) is 7.07. The fourth-order valence-electron chi connectivity index (χ4n) is 4.54. The Morgan fingerprint density at radius 1 is 0.766 bits per heavy atom. The van der Waals surface area contributed by atoms with E-state index in [-0.39, 0.29) is 53.5 Å². The first-order valence-electron chi connectivity index (χ1n) is 14.5. The van der Waals surface area contributed by atoms with Crippen LogP contribution in [0.15, 0.2) is 42.5 Å². The number of phenolic OH excluding ortho intramolecular Hbond substituents is 1. The maximum absolute atomic E-state index is 12.5. The fourth-order valence-corrected chi connectivity index (χ4v) is 4.71. The molecule has 13 N–H and O–H groups in total. The van der Waals surface area contributed by atoms with Crippen LogP contribution in [0.5, 0.6) is 5.75 Å².